The summed E-state index contributed by atoms with van der Waals surface area (Å²) in [5, 5.41) is 7.81. The van der Waals surface area contributed by atoms with E-state index in [2.05, 4.69) is 10.3 Å². The summed E-state index contributed by atoms with van der Waals surface area (Å²) < 4.78 is 21.2. The molecule has 0 spiro atoms. The van der Waals surface area contributed by atoms with Crippen LogP contribution in [0.4, 0.5) is 4.39 Å². The van der Waals surface area contributed by atoms with Gasteiger partial charge >= 0.3 is 5.97 Å². The molecule has 2 unspecified atom stereocenters. The smallest absolute Gasteiger partial charge is 0.358 e. The molecule has 2 atom stereocenters. The number of ether oxygens (including phenoxy) is 1. The Balaban J connectivity index is 1.55. The average molecular weight is 459 g/mol. The van der Waals surface area contributed by atoms with E-state index >= 15 is 0 Å². The fourth-order valence-electron chi connectivity index (χ4n) is 4.09. The number of carbonyl (C=O) groups excluding carboxylic acids is 2. The molecule has 9 heteroatoms. The van der Waals surface area contributed by atoms with E-state index in [0.29, 0.717) is 25.2 Å². The minimum atomic E-state index is -0.602. The van der Waals surface area contributed by atoms with Crippen LogP contribution in [0.1, 0.15) is 48.3 Å². The Bertz CT molecular complexity index is 1020. The number of benzene rings is 1. The Kier molecular flexibility index (Phi) is 7.05. The lowest BCUT2D eigenvalue weighted by molar-refractivity contribution is -0.126. The van der Waals surface area contributed by atoms with Gasteiger partial charge in [0.15, 0.2) is 11.5 Å². The summed E-state index contributed by atoms with van der Waals surface area (Å²) in [5.41, 5.74) is 1.72. The first kappa shape index (κ1) is 22.7. The van der Waals surface area contributed by atoms with Gasteiger partial charge in [-0.1, -0.05) is 29.5 Å². The van der Waals surface area contributed by atoms with Crippen molar-refractivity contribution in [2.75, 3.05) is 19.7 Å². The summed E-state index contributed by atoms with van der Waals surface area (Å²) in [6, 6.07) is 5.93. The molecule has 0 radical (unpaired) electrons. The van der Waals surface area contributed by atoms with Crippen molar-refractivity contribution in [2.45, 2.75) is 44.0 Å². The van der Waals surface area contributed by atoms with E-state index in [1.54, 1.807) is 25.1 Å². The number of rotatable bonds is 8. The van der Waals surface area contributed by atoms with Crippen LogP contribution >= 0.6 is 12.6 Å². The predicted octanol–water partition coefficient (Wildman–Crippen LogP) is 3.24. The number of halogens is 1. The summed E-state index contributed by atoms with van der Waals surface area (Å²) in [4.78, 5) is 27.3. The normalized spacial score (nSPS) is 21.5. The van der Waals surface area contributed by atoms with E-state index in [1.807, 2.05) is 11.0 Å². The summed E-state index contributed by atoms with van der Waals surface area (Å²) in [5.74, 6) is -0.721. The number of ketones is 1. The molecule has 2 heterocycles. The van der Waals surface area contributed by atoms with Crippen LogP contribution in [0.3, 0.4) is 0 Å². The van der Waals surface area contributed by atoms with Gasteiger partial charge in [-0.05, 0) is 37.8 Å². The zero-order chi connectivity index (χ0) is 22.7. The SMILES string of the molecule is CCOC(=O)c1cnnn1C/C=C1/CN(C(C(=O)C2CC2)c2ccccc2F)CCC1S. The molecule has 1 aromatic heterocycles. The van der Waals surface area contributed by atoms with Gasteiger partial charge in [-0.25, -0.2) is 13.9 Å². The van der Waals surface area contributed by atoms with Crippen molar-refractivity contribution in [3.05, 3.63) is 59.2 Å². The molecule has 0 N–H and O–H groups in total. The van der Waals surface area contributed by atoms with E-state index < -0.39 is 12.0 Å². The number of allylic oxidation sites excluding steroid dienone is 1. The third kappa shape index (κ3) is 4.94. The Hall–Kier alpha value is -2.52. The maximum absolute atomic E-state index is 14.7. The first-order chi connectivity index (χ1) is 15.5. The van der Waals surface area contributed by atoms with Gasteiger partial charge in [0.25, 0.3) is 0 Å². The lowest BCUT2D eigenvalue weighted by Crippen LogP contribution is -2.42. The summed E-state index contributed by atoms with van der Waals surface area (Å²) >= 11 is 4.72. The van der Waals surface area contributed by atoms with Crippen molar-refractivity contribution in [1.29, 1.82) is 0 Å². The maximum Gasteiger partial charge on any atom is 0.358 e. The van der Waals surface area contributed by atoms with Crippen LogP contribution in [0.5, 0.6) is 0 Å². The number of carbonyl (C=O) groups is 2. The number of hydrogen-bond acceptors (Lipinski definition) is 7. The molecule has 170 valence electrons. The largest absolute Gasteiger partial charge is 0.461 e. The van der Waals surface area contributed by atoms with E-state index in [-0.39, 0.29) is 35.1 Å². The molecule has 1 aliphatic heterocycles. The number of likely N-dealkylation sites (tertiary alicyclic amines) is 1. The number of nitrogens with zero attached hydrogens (tertiary/aromatic N) is 4. The number of thiol groups is 1. The molecule has 2 aliphatic rings. The topological polar surface area (TPSA) is 77.3 Å². The van der Waals surface area contributed by atoms with Crippen LogP contribution < -0.4 is 0 Å². The second-order valence-corrected chi connectivity index (χ2v) is 8.80. The van der Waals surface area contributed by atoms with Gasteiger partial charge < -0.3 is 4.74 Å². The van der Waals surface area contributed by atoms with Crippen molar-refractivity contribution in [3.63, 3.8) is 0 Å². The molecule has 7 nitrogen and oxygen atoms in total. The third-order valence-corrected chi connectivity index (χ3v) is 6.54. The Morgan fingerprint density at radius 1 is 1.31 bits per heavy atom. The van der Waals surface area contributed by atoms with Gasteiger partial charge in [0.2, 0.25) is 0 Å². The molecule has 1 saturated carbocycles. The average Bonchev–Trinajstić information content (AvgIpc) is 3.53. The van der Waals surface area contributed by atoms with Crippen LogP contribution in [0, 0.1) is 11.7 Å². The summed E-state index contributed by atoms with van der Waals surface area (Å²) in [6.45, 7) is 3.49. The van der Waals surface area contributed by atoms with Crippen molar-refractivity contribution in [3.8, 4) is 0 Å². The predicted molar refractivity (Wildman–Crippen MR) is 120 cm³/mol. The number of esters is 1. The van der Waals surface area contributed by atoms with Crippen molar-refractivity contribution in [2.24, 2.45) is 5.92 Å². The fourth-order valence-corrected chi connectivity index (χ4v) is 4.39. The van der Waals surface area contributed by atoms with Gasteiger partial charge in [-0.2, -0.15) is 12.6 Å². The number of aromatic nitrogens is 3. The van der Waals surface area contributed by atoms with Crippen LogP contribution in [0.2, 0.25) is 0 Å². The molecular weight excluding hydrogens is 431 g/mol. The summed E-state index contributed by atoms with van der Waals surface area (Å²) in [7, 11) is 0. The van der Waals surface area contributed by atoms with Gasteiger partial charge in [-0.15, -0.1) is 5.10 Å². The lowest BCUT2D eigenvalue weighted by atomic mass is 9.93. The minimum absolute atomic E-state index is 0.0121. The van der Waals surface area contributed by atoms with Gasteiger partial charge in [0.05, 0.1) is 25.4 Å². The first-order valence-electron chi connectivity index (χ1n) is 10.9. The fraction of sp³-hybridized carbons (Fsp3) is 0.478. The van der Waals surface area contributed by atoms with Crippen LogP contribution in [0.15, 0.2) is 42.1 Å². The van der Waals surface area contributed by atoms with Crippen molar-refractivity contribution < 1.29 is 18.7 Å². The molecule has 0 amide bonds. The highest BCUT2D eigenvalue weighted by molar-refractivity contribution is 7.81. The number of Topliss-reactive ketones (excluding diaryl/α,β-unsaturated/α-hetero) is 1. The highest BCUT2D eigenvalue weighted by Crippen LogP contribution is 2.39. The Morgan fingerprint density at radius 3 is 2.81 bits per heavy atom. The van der Waals surface area contributed by atoms with E-state index in [0.717, 1.165) is 24.8 Å². The van der Waals surface area contributed by atoms with Gasteiger partial charge in [0.1, 0.15) is 5.82 Å². The third-order valence-electron chi connectivity index (χ3n) is 5.95. The zero-order valence-electron chi connectivity index (χ0n) is 18.0. The van der Waals surface area contributed by atoms with Gasteiger partial charge in [0, 0.05) is 29.8 Å². The van der Waals surface area contributed by atoms with E-state index in [4.69, 9.17) is 17.4 Å². The maximum atomic E-state index is 14.7. The van der Waals surface area contributed by atoms with E-state index in [9.17, 15) is 14.0 Å². The number of piperidine rings is 1. The molecule has 2 aromatic rings. The minimum Gasteiger partial charge on any atom is -0.461 e. The molecule has 1 saturated heterocycles. The van der Waals surface area contributed by atoms with Gasteiger partial charge in [-0.3, -0.25) is 9.69 Å². The molecule has 4 rings (SSSR count). The lowest BCUT2D eigenvalue weighted by Gasteiger charge is -2.37. The highest BCUT2D eigenvalue weighted by atomic mass is 32.1. The quantitative estimate of drug-likeness (QED) is 0.372. The first-order valence-corrected chi connectivity index (χ1v) is 11.5. The van der Waals surface area contributed by atoms with Crippen LogP contribution in [0.25, 0.3) is 0 Å². The van der Waals surface area contributed by atoms with E-state index in [1.165, 1.54) is 16.9 Å². The summed E-state index contributed by atoms with van der Waals surface area (Å²) in [6.07, 6.45) is 5.82. The number of hydrogen-bond donors (Lipinski definition) is 1. The molecule has 1 aliphatic carbocycles. The van der Waals surface area contributed by atoms with Crippen LogP contribution in [-0.2, 0) is 16.1 Å². The molecule has 1 aromatic carbocycles. The molecule has 32 heavy (non-hydrogen) atoms. The second-order valence-electron chi connectivity index (χ2n) is 8.18. The Labute approximate surface area is 192 Å². The van der Waals surface area contributed by atoms with Crippen molar-refractivity contribution >= 4 is 24.4 Å². The van der Waals surface area contributed by atoms with Crippen molar-refractivity contribution in [1.82, 2.24) is 19.9 Å². The second kappa shape index (κ2) is 9.95. The monoisotopic (exact) mass is 458 g/mol. The molecule has 2 fully saturated rings. The molecule has 0 bridgehead atoms. The van der Waals surface area contributed by atoms with Crippen LogP contribution in [-0.4, -0.2) is 56.6 Å². The Morgan fingerprint density at radius 2 is 2.09 bits per heavy atom. The zero-order valence-corrected chi connectivity index (χ0v) is 18.9. The standard InChI is InChI=1S/C23H27FN4O3S/c1-2-31-23(30)19-13-25-26-28(19)12-9-16-14-27(11-10-20(16)32)21(22(29)15-7-8-15)17-5-3-4-6-18(17)24/h3-6,9,13,15,20-21,32H,2,7-8,10-12,14H2,1H3/b16-9-. The molecular formula is C23H27FN4O3S. The highest BCUT2D eigenvalue weighted by Gasteiger charge is 2.40.